The van der Waals surface area contributed by atoms with Gasteiger partial charge >= 0.3 is 6.03 Å². The highest BCUT2D eigenvalue weighted by molar-refractivity contribution is 7.10. The van der Waals surface area contributed by atoms with Gasteiger partial charge < -0.3 is 14.8 Å². The van der Waals surface area contributed by atoms with Crippen LogP contribution in [0.5, 0.6) is 0 Å². The van der Waals surface area contributed by atoms with E-state index in [-0.39, 0.29) is 12.1 Å². The Labute approximate surface area is 151 Å². The number of nitrogens with zero attached hydrogens (tertiary/aromatic N) is 2. The number of carbonyl (C=O) groups excluding carboxylic acids is 1. The van der Waals surface area contributed by atoms with Gasteiger partial charge in [0.1, 0.15) is 6.04 Å². The van der Waals surface area contributed by atoms with Crippen LogP contribution in [0.15, 0.2) is 54.0 Å². The van der Waals surface area contributed by atoms with Gasteiger partial charge in [-0.1, -0.05) is 12.1 Å². The lowest BCUT2D eigenvalue weighted by Crippen LogP contribution is -2.44. The first-order valence-corrected chi connectivity index (χ1v) is 9.35. The number of hydrogen-bond acceptors (Lipinski definition) is 2. The molecule has 1 aliphatic heterocycles. The Balaban J connectivity index is 1.64. The summed E-state index contributed by atoms with van der Waals surface area (Å²) in [7, 11) is 0. The molecule has 25 heavy (non-hydrogen) atoms. The summed E-state index contributed by atoms with van der Waals surface area (Å²) in [5, 5.41) is 5.14. The van der Waals surface area contributed by atoms with Crippen molar-refractivity contribution in [2.45, 2.75) is 26.4 Å². The molecule has 0 unspecified atom stereocenters. The fraction of sp³-hybridized carbons (Fsp3) is 0.250. The van der Waals surface area contributed by atoms with Crippen molar-refractivity contribution < 1.29 is 4.79 Å². The molecule has 4 rings (SSSR count). The summed E-state index contributed by atoms with van der Waals surface area (Å²) in [5.41, 5.74) is 4.42. The minimum atomic E-state index is -0.0471. The van der Waals surface area contributed by atoms with Gasteiger partial charge in [-0.2, -0.15) is 0 Å². The molecule has 3 aromatic rings. The van der Waals surface area contributed by atoms with Gasteiger partial charge in [-0.25, -0.2) is 4.79 Å². The Morgan fingerprint density at radius 3 is 2.76 bits per heavy atom. The van der Waals surface area contributed by atoms with Crippen molar-refractivity contribution >= 4 is 23.1 Å². The van der Waals surface area contributed by atoms with Crippen LogP contribution in [0.1, 0.15) is 27.7 Å². The molecule has 1 atom stereocenters. The average molecular weight is 351 g/mol. The fourth-order valence-corrected chi connectivity index (χ4v) is 4.21. The smallest absolute Gasteiger partial charge is 0.322 e. The second-order valence-electron chi connectivity index (χ2n) is 6.47. The van der Waals surface area contributed by atoms with Crippen LogP contribution in [0.2, 0.25) is 0 Å². The van der Waals surface area contributed by atoms with Gasteiger partial charge in [0.05, 0.1) is 0 Å². The van der Waals surface area contributed by atoms with E-state index in [1.165, 1.54) is 21.7 Å². The van der Waals surface area contributed by atoms with Crippen molar-refractivity contribution in [2.75, 3.05) is 11.9 Å². The van der Waals surface area contributed by atoms with E-state index in [0.29, 0.717) is 6.54 Å². The molecule has 5 heteroatoms. The summed E-state index contributed by atoms with van der Waals surface area (Å²) in [5.74, 6) is 0. The van der Waals surface area contributed by atoms with E-state index in [1.807, 2.05) is 29.2 Å². The minimum Gasteiger partial charge on any atom is -0.347 e. The lowest BCUT2D eigenvalue weighted by molar-refractivity contribution is 0.183. The van der Waals surface area contributed by atoms with Gasteiger partial charge in [0.25, 0.3) is 0 Å². The number of rotatable bonds is 2. The summed E-state index contributed by atoms with van der Waals surface area (Å²) in [4.78, 5) is 16.1. The molecule has 2 aromatic heterocycles. The lowest BCUT2D eigenvalue weighted by Gasteiger charge is -2.36. The third-order valence-corrected chi connectivity index (χ3v) is 5.79. The van der Waals surface area contributed by atoms with Crippen LogP contribution >= 0.6 is 11.3 Å². The number of carbonyl (C=O) groups is 1. The molecule has 1 aliphatic rings. The van der Waals surface area contributed by atoms with Gasteiger partial charge in [-0.3, -0.25) is 0 Å². The van der Waals surface area contributed by atoms with Crippen molar-refractivity contribution in [1.29, 1.82) is 0 Å². The summed E-state index contributed by atoms with van der Waals surface area (Å²) in [6, 6.07) is 14.3. The normalized spacial score (nSPS) is 16.6. The van der Waals surface area contributed by atoms with Crippen molar-refractivity contribution in [2.24, 2.45) is 0 Å². The zero-order valence-corrected chi connectivity index (χ0v) is 15.2. The molecule has 128 valence electrons. The highest BCUT2D eigenvalue weighted by Crippen LogP contribution is 2.35. The number of fused-ring (bicyclic) bond motifs is 1. The molecule has 0 saturated carbocycles. The summed E-state index contributed by atoms with van der Waals surface area (Å²) >= 11 is 1.69. The summed E-state index contributed by atoms with van der Waals surface area (Å²) in [6.07, 6.45) is 2.09. The van der Waals surface area contributed by atoms with Gasteiger partial charge in [-0.05, 0) is 60.7 Å². The van der Waals surface area contributed by atoms with E-state index < -0.39 is 0 Å². The second-order valence-corrected chi connectivity index (χ2v) is 7.45. The van der Waals surface area contributed by atoms with E-state index >= 15 is 0 Å². The maximum Gasteiger partial charge on any atom is 0.322 e. The molecule has 0 fully saturated rings. The predicted molar refractivity (Wildman–Crippen MR) is 102 cm³/mol. The quantitative estimate of drug-likeness (QED) is 0.707. The number of benzene rings is 1. The molecule has 1 N–H and O–H groups in total. The highest BCUT2D eigenvalue weighted by atomic mass is 32.1. The van der Waals surface area contributed by atoms with Crippen LogP contribution in [-0.4, -0.2) is 22.0 Å². The highest BCUT2D eigenvalue weighted by Gasteiger charge is 2.32. The predicted octanol–water partition coefficient (Wildman–Crippen LogP) is 4.80. The maximum absolute atomic E-state index is 13.0. The molecule has 1 aromatic carbocycles. The largest absolute Gasteiger partial charge is 0.347 e. The molecule has 0 bridgehead atoms. The first-order valence-electron chi connectivity index (χ1n) is 8.47. The van der Waals surface area contributed by atoms with E-state index in [9.17, 15) is 4.79 Å². The van der Waals surface area contributed by atoms with Gasteiger partial charge in [0, 0.05) is 35.5 Å². The number of aryl methyl sites for hydroxylation is 2. The van der Waals surface area contributed by atoms with Crippen molar-refractivity contribution in [3.63, 3.8) is 0 Å². The average Bonchev–Trinajstić information content (AvgIpc) is 3.28. The molecular weight excluding hydrogens is 330 g/mol. The first-order chi connectivity index (χ1) is 12.1. The number of amides is 2. The number of thiophene rings is 1. The van der Waals surface area contributed by atoms with Gasteiger partial charge in [0.15, 0.2) is 0 Å². The maximum atomic E-state index is 13.0. The fourth-order valence-electron chi connectivity index (χ4n) is 3.36. The SMILES string of the molecule is Cc1ccc(NC(=O)N2CCn3cccc3[C@H]2c2cccs2)cc1C. The molecule has 2 amide bonds. The molecule has 0 saturated heterocycles. The topological polar surface area (TPSA) is 37.3 Å². The minimum absolute atomic E-state index is 0.0321. The van der Waals surface area contributed by atoms with E-state index in [2.05, 4.69) is 53.5 Å². The first kappa shape index (κ1) is 16.0. The van der Waals surface area contributed by atoms with E-state index in [1.54, 1.807) is 11.3 Å². The Kier molecular flexibility index (Phi) is 4.09. The number of aromatic nitrogens is 1. The lowest BCUT2D eigenvalue weighted by atomic mass is 10.1. The molecular formula is C20H21N3OS. The molecule has 4 nitrogen and oxygen atoms in total. The number of hydrogen-bond donors (Lipinski definition) is 1. The van der Waals surface area contributed by atoms with Crippen LogP contribution in [0.3, 0.4) is 0 Å². The summed E-state index contributed by atoms with van der Waals surface area (Å²) < 4.78 is 2.24. The Hall–Kier alpha value is -2.53. The van der Waals surface area contributed by atoms with Crippen LogP contribution in [0.4, 0.5) is 10.5 Å². The zero-order valence-electron chi connectivity index (χ0n) is 14.4. The van der Waals surface area contributed by atoms with Crippen LogP contribution in [-0.2, 0) is 6.54 Å². The molecule has 0 radical (unpaired) electrons. The molecule has 3 heterocycles. The number of nitrogens with one attached hydrogen (secondary N) is 1. The monoisotopic (exact) mass is 351 g/mol. The Bertz CT molecular complexity index is 898. The Morgan fingerprint density at radius 2 is 2.00 bits per heavy atom. The Morgan fingerprint density at radius 1 is 1.12 bits per heavy atom. The zero-order chi connectivity index (χ0) is 17.4. The summed E-state index contributed by atoms with van der Waals surface area (Å²) in [6.45, 7) is 5.66. The third-order valence-electron chi connectivity index (χ3n) is 4.87. The standard InChI is InChI=1S/C20H21N3OS/c1-14-7-8-16(13-15(14)2)21-20(24)23-11-10-22-9-3-5-17(22)19(23)18-6-4-12-25-18/h3-9,12-13,19H,10-11H2,1-2H3,(H,21,24)/t19-/m0/s1. The molecule has 0 spiro atoms. The van der Waals surface area contributed by atoms with Crippen molar-refractivity contribution in [1.82, 2.24) is 9.47 Å². The third kappa shape index (κ3) is 2.96. The van der Waals surface area contributed by atoms with Gasteiger partial charge in [0.2, 0.25) is 0 Å². The second kappa shape index (κ2) is 6.41. The van der Waals surface area contributed by atoms with Crippen molar-refractivity contribution in [3.8, 4) is 0 Å². The van der Waals surface area contributed by atoms with Crippen LogP contribution in [0.25, 0.3) is 0 Å². The van der Waals surface area contributed by atoms with Crippen molar-refractivity contribution in [3.05, 3.63) is 75.7 Å². The van der Waals surface area contributed by atoms with Gasteiger partial charge in [-0.15, -0.1) is 11.3 Å². The van der Waals surface area contributed by atoms with Crippen LogP contribution < -0.4 is 5.32 Å². The van der Waals surface area contributed by atoms with E-state index in [0.717, 1.165) is 12.2 Å². The number of anilines is 1. The molecule has 0 aliphatic carbocycles. The van der Waals surface area contributed by atoms with Crippen LogP contribution in [0, 0.1) is 13.8 Å². The van der Waals surface area contributed by atoms with E-state index in [4.69, 9.17) is 0 Å². The number of urea groups is 1.